The lowest BCUT2D eigenvalue weighted by molar-refractivity contribution is 0.462. The predicted octanol–water partition coefficient (Wildman–Crippen LogP) is 4.71. The van der Waals surface area contributed by atoms with Crippen LogP contribution in [0, 0.1) is 5.82 Å². The van der Waals surface area contributed by atoms with Crippen molar-refractivity contribution < 1.29 is 4.39 Å². The summed E-state index contributed by atoms with van der Waals surface area (Å²) in [6.45, 7) is 0. The first-order valence-electron chi connectivity index (χ1n) is 7.27. The minimum absolute atomic E-state index is 0.190. The van der Waals surface area contributed by atoms with E-state index in [1.165, 1.54) is 38.2 Å². The van der Waals surface area contributed by atoms with Crippen molar-refractivity contribution in [2.45, 2.75) is 48.2 Å². The first-order chi connectivity index (χ1) is 10.3. The van der Waals surface area contributed by atoms with Gasteiger partial charge in [0.25, 0.3) is 0 Å². The van der Waals surface area contributed by atoms with E-state index >= 15 is 0 Å². The first kappa shape index (κ1) is 14.8. The molecule has 1 N–H and O–H groups in total. The van der Waals surface area contributed by atoms with Gasteiger partial charge in [0, 0.05) is 11.8 Å². The summed E-state index contributed by atoms with van der Waals surface area (Å²) in [6, 6.07) is 7.24. The average molecular weight is 323 g/mol. The largest absolute Gasteiger partial charge is 0.357 e. The zero-order valence-corrected chi connectivity index (χ0v) is 13.4. The van der Waals surface area contributed by atoms with E-state index in [4.69, 9.17) is 0 Å². The molecule has 0 aliphatic heterocycles. The van der Waals surface area contributed by atoms with Crippen LogP contribution >= 0.6 is 23.1 Å². The second-order valence-electron chi connectivity index (χ2n) is 5.27. The number of hydrogen-bond donors (Lipinski definition) is 1. The number of hydrogen-bond acceptors (Lipinski definition) is 5. The van der Waals surface area contributed by atoms with Gasteiger partial charge >= 0.3 is 0 Å². The Morgan fingerprint density at radius 1 is 1.24 bits per heavy atom. The quantitative estimate of drug-likeness (QED) is 0.808. The van der Waals surface area contributed by atoms with Gasteiger partial charge in [0.2, 0.25) is 5.13 Å². The molecule has 1 aliphatic rings. The highest BCUT2D eigenvalue weighted by atomic mass is 32.2. The minimum Gasteiger partial charge on any atom is -0.357 e. The molecule has 3 nitrogen and oxygen atoms in total. The fourth-order valence-electron chi connectivity index (χ4n) is 2.52. The number of nitrogens with one attached hydrogen (secondary N) is 1. The van der Waals surface area contributed by atoms with Crippen LogP contribution in [-0.4, -0.2) is 16.2 Å². The number of halogens is 1. The predicted molar refractivity (Wildman–Crippen MR) is 86.4 cm³/mol. The summed E-state index contributed by atoms with van der Waals surface area (Å²) in [6.07, 6.45) is 6.41. The van der Waals surface area contributed by atoms with Gasteiger partial charge in [-0.1, -0.05) is 54.5 Å². The van der Waals surface area contributed by atoms with Crippen molar-refractivity contribution in [2.75, 3.05) is 5.32 Å². The third-order valence-electron chi connectivity index (χ3n) is 3.59. The maximum absolute atomic E-state index is 13.1. The molecule has 1 aromatic heterocycles. The van der Waals surface area contributed by atoms with Gasteiger partial charge in [0.1, 0.15) is 5.82 Å². The Labute approximate surface area is 132 Å². The van der Waals surface area contributed by atoms with Crippen LogP contribution < -0.4 is 5.32 Å². The van der Waals surface area contributed by atoms with E-state index in [1.54, 1.807) is 35.2 Å². The highest BCUT2D eigenvalue weighted by Gasteiger charge is 2.15. The van der Waals surface area contributed by atoms with E-state index in [9.17, 15) is 4.39 Å². The third kappa shape index (κ3) is 4.41. The fourth-order valence-corrected chi connectivity index (χ4v) is 4.29. The maximum atomic E-state index is 13.1. The SMILES string of the molecule is Fc1cccc(CSc2nnc(NC3CCCCC3)s2)c1. The van der Waals surface area contributed by atoms with Gasteiger partial charge < -0.3 is 5.32 Å². The monoisotopic (exact) mass is 323 g/mol. The molecule has 1 saturated carbocycles. The highest BCUT2D eigenvalue weighted by Crippen LogP contribution is 2.30. The number of benzene rings is 1. The Kier molecular flexibility index (Phi) is 5.08. The molecule has 6 heteroatoms. The van der Waals surface area contributed by atoms with Crippen LogP contribution in [0.2, 0.25) is 0 Å². The van der Waals surface area contributed by atoms with Gasteiger partial charge in [-0.05, 0) is 30.5 Å². The van der Waals surface area contributed by atoms with Crippen molar-refractivity contribution in [3.05, 3.63) is 35.6 Å². The summed E-state index contributed by atoms with van der Waals surface area (Å²) in [5.74, 6) is 0.528. The maximum Gasteiger partial charge on any atom is 0.206 e. The van der Waals surface area contributed by atoms with Gasteiger partial charge in [-0.15, -0.1) is 10.2 Å². The summed E-state index contributed by atoms with van der Waals surface area (Å²) < 4.78 is 14.0. The molecule has 1 heterocycles. The standard InChI is InChI=1S/C15H18FN3S2/c16-12-6-4-5-11(9-12)10-20-15-19-18-14(21-15)17-13-7-2-1-3-8-13/h4-6,9,13H,1-3,7-8,10H2,(H,17,18). The van der Waals surface area contributed by atoms with E-state index in [0.717, 1.165) is 20.8 Å². The van der Waals surface area contributed by atoms with Crippen LogP contribution in [0.25, 0.3) is 0 Å². The Morgan fingerprint density at radius 3 is 2.90 bits per heavy atom. The molecular weight excluding hydrogens is 305 g/mol. The number of thioether (sulfide) groups is 1. The Hall–Kier alpha value is -1.14. The molecule has 1 aromatic carbocycles. The number of rotatable bonds is 5. The molecule has 0 atom stereocenters. The van der Waals surface area contributed by atoms with E-state index < -0.39 is 0 Å². The zero-order chi connectivity index (χ0) is 14.5. The second-order valence-corrected chi connectivity index (χ2v) is 7.47. The van der Waals surface area contributed by atoms with Crippen molar-refractivity contribution >= 4 is 28.2 Å². The molecule has 3 rings (SSSR count). The number of anilines is 1. The molecule has 0 saturated heterocycles. The lowest BCUT2D eigenvalue weighted by atomic mass is 9.96. The van der Waals surface area contributed by atoms with Crippen LogP contribution in [0.5, 0.6) is 0 Å². The summed E-state index contributed by atoms with van der Waals surface area (Å²) in [7, 11) is 0. The topological polar surface area (TPSA) is 37.8 Å². The van der Waals surface area contributed by atoms with Gasteiger partial charge in [0.05, 0.1) is 0 Å². The van der Waals surface area contributed by atoms with Crippen LogP contribution in [0.4, 0.5) is 9.52 Å². The van der Waals surface area contributed by atoms with E-state index in [0.29, 0.717) is 6.04 Å². The fraction of sp³-hybridized carbons (Fsp3) is 0.467. The van der Waals surface area contributed by atoms with Crippen molar-refractivity contribution in [1.82, 2.24) is 10.2 Å². The summed E-state index contributed by atoms with van der Waals surface area (Å²) in [4.78, 5) is 0. The molecule has 0 bridgehead atoms. The van der Waals surface area contributed by atoms with E-state index in [-0.39, 0.29) is 5.82 Å². The van der Waals surface area contributed by atoms with Crippen molar-refractivity contribution in [2.24, 2.45) is 0 Å². The lowest BCUT2D eigenvalue weighted by Crippen LogP contribution is -2.21. The molecule has 1 aliphatic carbocycles. The average Bonchev–Trinajstić information content (AvgIpc) is 2.94. The van der Waals surface area contributed by atoms with Crippen molar-refractivity contribution in [3.8, 4) is 0 Å². The van der Waals surface area contributed by atoms with Crippen LogP contribution in [0.1, 0.15) is 37.7 Å². The Bertz CT molecular complexity index is 582. The Balaban J connectivity index is 1.52. The lowest BCUT2D eigenvalue weighted by Gasteiger charge is -2.21. The normalized spacial score (nSPS) is 16.0. The molecule has 0 radical (unpaired) electrons. The molecule has 2 aromatic rings. The highest BCUT2D eigenvalue weighted by molar-refractivity contribution is 8.00. The van der Waals surface area contributed by atoms with Crippen LogP contribution in [0.15, 0.2) is 28.6 Å². The zero-order valence-electron chi connectivity index (χ0n) is 11.7. The van der Waals surface area contributed by atoms with Crippen molar-refractivity contribution in [3.63, 3.8) is 0 Å². The smallest absolute Gasteiger partial charge is 0.206 e. The molecule has 0 amide bonds. The van der Waals surface area contributed by atoms with E-state index in [1.807, 2.05) is 6.07 Å². The van der Waals surface area contributed by atoms with Crippen LogP contribution in [0.3, 0.4) is 0 Å². The third-order valence-corrected chi connectivity index (χ3v) is 5.65. The molecule has 0 unspecified atom stereocenters. The molecule has 1 fully saturated rings. The summed E-state index contributed by atoms with van der Waals surface area (Å²) >= 11 is 3.19. The van der Waals surface area contributed by atoms with Gasteiger partial charge in [-0.25, -0.2) is 4.39 Å². The second kappa shape index (κ2) is 7.22. The number of nitrogens with zero attached hydrogens (tertiary/aromatic N) is 2. The first-order valence-corrected chi connectivity index (χ1v) is 9.07. The summed E-state index contributed by atoms with van der Waals surface area (Å²) in [5, 5.41) is 12.8. The Morgan fingerprint density at radius 2 is 2.10 bits per heavy atom. The van der Waals surface area contributed by atoms with Crippen LogP contribution in [-0.2, 0) is 5.75 Å². The van der Waals surface area contributed by atoms with Gasteiger partial charge in [-0.3, -0.25) is 0 Å². The summed E-state index contributed by atoms with van der Waals surface area (Å²) in [5.41, 5.74) is 0.969. The molecule has 21 heavy (non-hydrogen) atoms. The molecule has 112 valence electrons. The van der Waals surface area contributed by atoms with Gasteiger partial charge in [0.15, 0.2) is 4.34 Å². The molecule has 0 spiro atoms. The minimum atomic E-state index is -0.190. The van der Waals surface area contributed by atoms with Gasteiger partial charge in [-0.2, -0.15) is 0 Å². The molecular formula is C15H18FN3S2. The number of aromatic nitrogens is 2. The van der Waals surface area contributed by atoms with E-state index in [2.05, 4.69) is 15.5 Å². The van der Waals surface area contributed by atoms with Crippen molar-refractivity contribution in [1.29, 1.82) is 0 Å².